The molecule has 0 fully saturated rings. The predicted molar refractivity (Wildman–Crippen MR) is 71.4 cm³/mol. The predicted octanol–water partition coefficient (Wildman–Crippen LogP) is 0.0170. The van der Waals surface area contributed by atoms with Crippen LogP contribution in [0.5, 0.6) is 0 Å². The van der Waals surface area contributed by atoms with E-state index in [1.54, 1.807) is 0 Å². The van der Waals surface area contributed by atoms with E-state index in [2.05, 4.69) is 5.32 Å². The van der Waals surface area contributed by atoms with Crippen LogP contribution in [0.15, 0.2) is 29.2 Å². The van der Waals surface area contributed by atoms with Gasteiger partial charge in [0, 0.05) is 6.54 Å². The molecule has 0 aliphatic rings. The number of nitrogens with two attached hydrogens (primary N) is 1. The second-order valence-corrected chi connectivity index (χ2v) is 5.56. The van der Waals surface area contributed by atoms with Gasteiger partial charge in [0.15, 0.2) is 6.61 Å². The van der Waals surface area contributed by atoms with Crippen LogP contribution in [0.1, 0.15) is 23.7 Å². The van der Waals surface area contributed by atoms with Crippen molar-refractivity contribution in [3.05, 3.63) is 29.8 Å². The Kier molecular flexibility index (Phi) is 5.66. The molecule has 1 rings (SSSR count). The lowest BCUT2D eigenvalue weighted by molar-refractivity contribution is -0.124. The number of rotatable bonds is 6. The molecule has 0 saturated heterocycles. The highest BCUT2D eigenvalue weighted by Crippen LogP contribution is 2.09. The standard InChI is InChI=1S/C12H16N2O5S/c1-2-7-14-11(15)8-19-12(16)9-3-5-10(6-4-9)20(13,17)18/h3-6H,2,7-8H2,1H3,(H,14,15)(H2,13,17,18). The Morgan fingerprint density at radius 1 is 1.25 bits per heavy atom. The summed E-state index contributed by atoms with van der Waals surface area (Å²) in [7, 11) is -3.80. The summed E-state index contributed by atoms with van der Waals surface area (Å²) in [5.74, 6) is -1.10. The van der Waals surface area contributed by atoms with E-state index in [4.69, 9.17) is 9.88 Å². The van der Waals surface area contributed by atoms with Crippen molar-refractivity contribution in [2.75, 3.05) is 13.2 Å². The van der Waals surface area contributed by atoms with Crippen molar-refractivity contribution in [3.8, 4) is 0 Å². The molecule has 0 atom stereocenters. The highest BCUT2D eigenvalue weighted by atomic mass is 32.2. The van der Waals surface area contributed by atoms with E-state index in [1.807, 2.05) is 6.92 Å². The van der Waals surface area contributed by atoms with Crippen molar-refractivity contribution in [2.45, 2.75) is 18.2 Å². The Labute approximate surface area is 117 Å². The van der Waals surface area contributed by atoms with Gasteiger partial charge in [-0.2, -0.15) is 0 Å². The number of carbonyl (C=O) groups is 2. The molecular weight excluding hydrogens is 284 g/mol. The first-order chi connectivity index (χ1) is 9.34. The Hall–Kier alpha value is -1.93. The molecule has 7 nitrogen and oxygen atoms in total. The Morgan fingerprint density at radius 2 is 1.85 bits per heavy atom. The average Bonchev–Trinajstić information content (AvgIpc) is 2.41. The van der Waals surface area contributed by atoms with E-state index in [1.165, 1.54) is 24.3 Å². The molecule has 0 aliphatic heterocycles. The van der Waals surface area contributed by atoms with Crippen LogP contribution in [0, 0.1) is 0 Å². The number of hydrogen-bond acceptors (Lipinski definition) is 5. The lowest BCUT2D eigenvalue weighted by Gasteiger charge is -2.06. The van der Waals surface area contributed by atoms with E-state index < -0.39 is 16.0 Å². The maximum absolute atomic E-state index is 11.6. The second kappa shape index (κ2) is 7.01. The van der Waals surface area contributed by atoms with Crippen LogP contribution in [-0.4, -0.2) is 33.4 Å². The lowest BCUT2D eigenvalue weighted by atomic mass is 10.2. The Balaban J connectivity index is 2.58. The number of ether oxygens (including phenoxy) is 1. The number of amides is 1. The van der Waals surface area contributed by atoms with Crippen molar-refractivity contribution in [2.24, 2.45) is 5.14 Å². The van der Waals surface area contributed by atoms with E-state index in [0.29, 0.717) is 6.54 Å². The van der Waals surface area contributed by atoms with E-state index >= 15 is 0 Å². The molecule has 0 spiro atoms. The van der Waals surface area contributed by atoms with Gasteiger partial charge >= 0.3 is 5.97 Å². The zero-order chi connectivity index (χ0) is 15.2. The summed E-state index contributed by atoms with van der Waals surface area (Å²) < 4.78 is 26.9. The number of esters is 1. The van der Waals surface area contributed by atoms with E-state index in [9.17, 15) is 18.0 Å². The topological polar surface area (TPSA) is 116 Å². The van der Waals surface area contributed by atoms with Crippen LogP contribution in [0.4, 0.5) is 0 Å². The number of carbonyl (C=O) groups excluding carboxylic acids is 2. The van der Waals surface area contributed by atoms with Gasteiger partial charge in [-0.05, 0) is 30.7 Å². The van der Waals surface area contributed by atoms with Crippen LogP contribution in [0.2, 0.25) is 0 Å². The van der Waals surface area contributed by atoms with Crippen LogP contribution in [-0.2, 0) is 19.6 Å². The number of benzene rings is 1. The van der Waals surface area contributed by atoms with Gasteiger partial charge < -0.3 is 10.1 Å². The normalized spacial score (nSPS) is 10.9. The number of hydrogen-bond donors (Lipinski definition) is 2. The highest BCUT2D eigenvalue weighted by molar-refractivity contribution is 7.89. The number of sulfonamides is 1. The van der Waals surface area contributed by atoms with Gasteiger partial charge in [0.2, 0.25) is 10.0 Å². The summed E-state index contributed by atoms with van der Waals surface area (Å²) in [6, 6.07) is 4.93. The highest BCUT2D eigenvalue weighted by Gasteiger charge is 2.12. The van der Waals surface area contributed by atoms with Crippen LogP contribution >= 0.6 is 0 Å². The van der Waals surface area contributed by atoms with Gasteiger partial charge in [0.25, 0.3) is 5.91 Å². The third kappa shape index (κ3) is 4.98. The summed E-state index contributed by atoms with van der Waals surface area (Å²) in [5, 5.41) is 7.49. The molecule has 0 radical (unpaired) electrons. The fraction of sp³-hybridized carbons (Fsp3) is 0.333. The second-order valence-electron chi connectivity index (χ2n) is 4.00. The first kappa shape index (κ1) is 16.1. The van der Waals surface area contributed by atoms with Crippen molar-refractivity contribution < 1.29 is 22.7 Å². The lowest BCUT2D eigenvalue weighted by Crippen LogP contribution is -2.29. The molecule has 0 aliphatic carbocycles. The minimum Gasteiger partial charge on any atom is -0.452 e. The molecule has 3 N–H and O–H groups in total. The zero-order valence-corrected chi connectivity index (χ0v) is 11.8. The molecule has 8 heteroatoms. The fourth-order valence-electron chi connectivity index (χ4n) is 1.31. The first-order valence-electron chi connectivity index (χ1n) is 5.91. The van der Waals surface area contributed by atoms with Gasteiger partial charge in [-0.1, -0.05) is 6.92 Å². The van der Waals surface area contributed by atoms with E-state index in [-0.39, 0.29) is 23.0 Å². The monoisotopic (exact) mass is 300 g/mol. The molecule has 1 aromatic carbocycles. The molecule has 110 valence electrons. The maximum Gasteiger partial charge on any atom is 0.338 e. The Morgan fingerprint density at radius 3 is 2.35 bits per heavy atom. The molecule has 0 unspecified atom stereocenters. The summed E-state index contributed by atoms with van der Waals surface area (Å²) in [6.07, 6.45) is 0.786. The van der Waals surface area contributed by atoms with Crippen molar-refractivity contribution in [3.63, 3.8) is 0 Å². The molecule has 0 heterocycles. The summed E-state index contributed by atoms with van der Waals surface area (Å²) >= 11 is 0. The first-order valence-corrected chi connectivity index (χ1v) is 7.46. The van der Waals surface area contributed by atoms with Crippen LogP contribution in [0.3, 0.4) is 0 Å². The van der Waals surface area contributed by atoms with Gasteiger partial charge in [0.05, 0.1) is 10.5 Å². The summed E-state index contributed by atoms with van der Waals surface area (Å²) in [4.78, 5) is 22.7. The molecule has 0 saturated carbocycles. The van der Waals surface area contributed by atoms with Crippen LogP contribution in [0.25, 0.3) is 0 Å². The average molecular weight is 300 g/mol. The molecule has 20 heavy (non-hydrogen) atoms. The SMILES string of the molecule is CCCNC(=O)COC(=O)c1ccc(S(N)(=O)=O)cc1. The van der Waals surface area contributed by atoms with Crippen molar-refractivity contribution >= 4 is 21.9 Å². The number of nitrogens with one attached hydrogen (secondary N) is 1. The Bertz CT molecular complexity index is 580. The molecular formula is C12H16N2O5S. The van der Waals surface area contributed by atoms with Crippen molar-refractivity contribution in [1.29, 1.82) is 0 Å². The molecule has 0 bridgehead atoms. The largest absolute Gasteiger partial charge is 0.452 e. The van der Waals surface area contributed by atoms with E-state index in [0.717, 1.165) is 6.42 Å². The zero-order valence-electron chi connectivity index (χ0n) is 11.0. The van der Waals surface area contributed by atoms with Gasteiger partial charge in [-0.15, -0.1) is 0 Å². The minimum absolute atomic E-state index is 0.102. The summed E-state index contributed by atoms with van der Waals surface area (Å²) in [5.41, 5.74) is 0.140. The third-order valence-electron chi connectivity index (χ3n) is 2.33. The van der Waals surface area contributed by atoms with Crippen LogP contribution < -0.4 is 10.5 Å². The summed E-state index contributed by atoms with van der Waals surface area (Å²) in [6.45, 7) is 2.04. The molecule has 1 amide bonds. The van der Waals surface area contributed by atoms with Gasteiger partial charge in [-0.3, -0.25) is 4.79 Å². The quantitative estimate of drug-likeness (QED) is 0.718. The third-order valence-corrected chi connectivity index (χ3v) is 3.25. The fourth-order valence-corrected chi connectivity index (χ4v) is 1.83. The maximum atomic E-state index is 11.6. The molecule has 1 aromatic rings. The smallest absolute Gasteiger partial charge is 0.338 e. The molecule has 0 aromatic heterocycles. The number of primary sulfonamides is 1. The van der Waals surface area contributed by atoms with Gasteiger partial charge in [0.1, 0.15) is 0 Å². The minimum atomic E-state index is -3.80. The van der Waals surface area contributed by atoms with Gasteiger partial charge in [-0.25, -0.2) is 18.4 Å². The van der Waals surface area contributed by atoms with Crippen molar-refractivity contribution in [1.82, 2.24) is 5.32 Å².